The standard InChI is InChI=1S/C11H21N3/c1-11(2,3)14-10(12)13-9-7-5-4-6-8-9/h4-5,9H,6-8H2,1-3H3,(H3,12,13,14). The van der Waals surface area contributed by atoms with Crippen molar-refractivity contribution in [3.63, 3.8) is 0 Å². The first-order valence-corrected chi connectivity index (χ1v) is 5.24. The van der Waals surface area contributed by atoms with Crippen LogP contribution in [0.2, 0.25) is 0 Å². The lowest BCUT2D eigenvalue weighted by Gasteiger charge is -2.22. The fraction of sp³-hybridized carbons (Fsp3) is 0.727. The van der Waals surface area contributed by atoms with Gasteiger partial charge in [0.15, 0.2) is 5.96 Å². The summed E-state index contributed by atoms with van der Waals surface area (Å²) in [6.07, 6.45) is 7.65. The molecule has 0 saturated heterocycles. The second-order valence-corrected chi connectivity index (χ2v) is 4.83. The Balaban J connectivity index is 2.46. The monoisotopic (exact) mass is 195 g/mol. The first-order valence-electron chi connectivity index (χ1n) is 5.24. The highest BCUT2D eigenvalue weighted by Crippen LogP contribution is 2.13. The van der Waals surface area contributed by atoms with Crippen LogP contribution < -0.4 is 11.1 Å². The van der Waals surface area contributed by atoms with Crippen molar-refractivity contribution in [3.05, 3.63) is 12.2 Å². The Kier molecular flexibility index (Phi) is 3.55. The maximum absolute atomic E-state index is 5.81. The number of aliphatic imine (C=N–C) groups is 1. The van der Waals surface area contributed by atoms with Crippen LogP contribution >= 0.6 is 0 Å². The van der Waals surface area contributed by atoms with Gasteiger partial charge in [0.05, 0.1) is 6.04 Å². The molecule has 1 atom stereocenters. The summed E-state index contributed by atoms with van der Waals surface area (Å²) in [4.78, 5) is 4.45. The van der Waals surface area contributed by atoms with E-state index in [-0.39, 0.29) is 5.54 Å². The molecule has 80 valence electrons. The topological polar surface area (TPSA) is 50.4 Å². The van der Waals surface area contributed by atoms with Crippen molar-refractivity contribution >= 4 is 5.96 Å². The molecule has 0 aromatic heterocycles. The third-order valence-corrected chi connectivity index (χ3v) is 2.07. The van der Waals surface area contributed by atoms with Gasteiger partial charge in [0.1, 0.15) is 0 Å². The Morgan fingerprint density at radius 1 is 1.43 bits per heavy atom. The molecule has 1 unspecified atom stereocenters. The average molecular weight is 195 g/mol. The minimum atomic E-state index is -0.00190. The number of nitrogens with one attached hydrogen (secondary N) is 1. The normalized spacial score (nSPS) is 23.6. The smallest absolute Gasteiger partial charge is 0.189 e. The number of nitrogens with two attached hydrogens (primary N) is 1. The summed E-state index contributed by atoms with van der Waals surface area (Å²) in [5.74, 6) is 0.567. The van der Waals surface area contributed by atoms with Crippen molar-refractivity contribution in [2.24, 2.45) is 10.7 Å². The summed E-state index contributed by atoms with van der Waals surface area (Å²) < 4.78 is 0. The minimum absolute atomic E-state index is 0.00190. The SMILES string of the molecule is CC(C)(C)NC(N)=NC1CC=CCC1. The van der Waals surface area contributed by atoms with Crippen molar-refractivity contribution in [1.82, 2.24) is 5.32 Å². The van der Waals surface area contributed by atoms with Crippen molar-refractivity contribution in [3.8, 4) is 0 Å². The molecule has 3 nitrogen and oxygen atoms in total. The zero-order chi connectivity index (χ0) is 10.6. The number of hydrogen-bond donors (Lipinski definition) is 2. The van der Waals surface area contributed by atoms with Gasteiger partial charge in [-0.1, -0.05) is 12.2 Å². The first kappa shape index (κ1) is 11.1. The maximum Gasteiger partial charge on any atom is 0.189 e. The van der Waals surface area contributed by atoms with E-state index in [0.29, 0.717) is 12.0 Å². The third kappa shape index (κ3) is 4.30. The molecule has 0 bridgehead atoms. The second kappa shape index (κ2) is 4.49. The molecular weight excluding hydrogens is 174 g/mol. The van der Waals surface area contributed by atoms with Gasteiger partial charge in [-0.25, -0.2) is 4.99 Å². The van der Waals surface area contributed by atoms with Gasteiger partial charge in [0.25, 0.3) is 0 Å². The van der Waals surface area contributed by atoms with Gasteiger partial charge < -0.3 is 11.1 Å². The minimum Gasteiger partial charge on any atom is -0.370 e. The highest BCUT2D eigenvalue weighted by molar-refractivity contribution is 5.78. The number of guanidine groups is 1. The van der Waals surface area contributed by atoms with Crippen LogP contribution in [0, 0.1) is 0 Å². The molecule has 1 aliphatic carbocycles. The fourth-order valence-corrected chi connectivity index (χ4v) is 1.51. The van der Waals surface area contributed by atoms with E-state index in [9.17, 15) is 0 Å². The number of hydrogen-bond acceptors (Lipinski definition) is 1. The molecule has 0 fully saturated rings. The van der Waals surface area contributed by atoms with E-state index in [4.69, 9.17) is 5.73 Å². The van der Waals surface area contributed by atoms with Gasteiger partial charge in [-0.2, -0.15) is 0 Å². The molecule has 3 N–H and O–H groups in total. The summed E-state index contributed by atoms with van der Waals surface area (Å²) >= 11 is 0. The van der Waals surface area contributed by atoms with Crippen molar-refractivity contribution in [1.29, 1.82) is 0 Å². The summed E-state index contributed by atoms with van der Waals surface area (Å²) in [6.45, 7) is 6.24. The molecule has 1 rings (SSSR count). The molecule has 0 saturated carbocycles. The number of rotatable bonds is 1. The Bertz CT molecular complexity index is 235. The first-order chi connectivity index (χ1) is 6.47. The average Bonchev–Trinajstić information content (AvgIpc) is 2.02. The Hall–Kier alpha value is -0.990. The molecule has 0 amide bonds. The van der Waals surface area contributed by atoms with E-state index in [1.54, 1.807) is 0 Å². The van der Waals surface area contributed by atoms with Crippen LogP contribution in [0.25, 0.3) is 0 Å². The largest absolute Gasteiger partial charge is 0.370 e. The zero-order valence-corrected chi connectivity index (χ0v) is 9.38. The van der Waals surface area contributed by atoms with Gasteiger partial charge in [0.2, 0.25) is 0 Å². The lowest BCUT2D eigenvalue weighted by atomic mass is 10.0. The Morgan fingerprint density at radius 3 is 2.64 bits per heavy atom. The molecule has 1 aliphatic rings. The summed E-state index contributed by atoms with van der Waals surface area (Å²) in [5.41, 5.74) is 5.80. The maximum atomic E-state index is 5.81. The van der Waals surface area contributed by atoms with Crippen LogP contribution in [0.5, 0.6) is 0 Å². The predicted molar refractivity (Wildman–Crippen MR) is 61.3 cm³/mol. The summed E-state index contributed by atoms with van der Waals surface area (Å²) in [5, 5.41) is 3.17. The predicted octanol–water partition coefficient (Wildman–Crippen LogP) is 1.80. The third-order valence-electron chi connectivity index (χ3n) is 2.07. The van der Waals surface area contributed by atoms with Gasteiger partial charge in [-0.05, 0) is 40.0 Å². The highest BCUT2D eigenvalue weighted by Gasteiger charge is 2.12. The molecule has 0 aromatic rings. The van der Waals surface area contributed by atoms with E-state index in [0.717, 1.165) is 19.3 Å². The highest BCUT2D eigenvalue weighted by atomic mass is 15.1. The molecule has 0 heterocycles. The van der Waals surface area contributed by atoms with Gasteiger partial charge in [0, 0.05) is 5.54 Å². The van der Waals surface area contributed by atoms with E-state index >= 15 is 0 Å². The van der Waals surface area contributed by atoms with Crippen molar-refractivity contribution in [2.75, 3.05) is 0 Å². The van der Waals surface area contributed by atoms with Crippen LogP contribution in [0.1, 0.15) is 40.0 Å². The van der Waals surface area contributed by atoms with Gasteiger partial charge in [-0.15, -0.1) is 0 Å². The summed E-state index contributed by atoms with van der Waals surface area (Å²) in [7, 11) is 0. The van der Waals surface area contributed by atoms with Crippen LogP contribution in [0.4, 0.5) is 0 Å². The molecule has 14 heavy (non-hydrogen) atoms. The van der Waals surface area contributed by atoms with Crippen LogP contribution in [-0.4, -0.2) is 17.5 Å². The molecule has 3 heteroatoms. The zero-order valence-electron chi connectivity index (χ0n) is 9.38. The molecular formula is C11H21N3. The summed E-state index contributed by atoms with van der Waals surface area (Å²) in [6, 6.07) is 0.370. The van der Waals surface area contributed by atoms with Crippen LogP contribution in [0.3, 0.4) is 0 Å². The van der Waals surface area contributed by atoms with E-state index in [1.807, 2.05) is 0 Å². The lowest BCUT2D eigenvalue weighted by molar-refractivity contribution is 0.503. The lowest BCUT2D eigenvalue weighted by Crippen LogP contribution is -2.45. The van der Waals surface area contributed by atoms with E-state index in [1.165, 1.54) is 0 Å². The van der Waals surface area contributed by atoms with Crippen molar-refractivity contribution in [2.45, 2.75) is 51.6 Å². The second-order valence-electron chi connectivity index (χ2n) is 4.83. The van der Waals surface area contributed by atoms with Crippen molar-refractivity contribution < 1.29 is 0 Å². The molecule has 0 spiro atoms. The quantitative estimate of drug-likeness (QED) is 0.381. The van der Waals surface area contributed by atoms with Crippen LogP contribution in [-0.2, 0) is 0 Å². The number of allylic oxidation sites excluding steroid dienone is 1. The molecule has 0 aromatic carbocycles. The van der Waals surface area contributed by atoms with Gasteiger partial charge >= 0.3 is 0 Å². The Labute approximate surface area is 86.5 Å². The van der Waals surface area contributed by atoms with Crippen LogP contribution in [0.15, 0.2) is 17.1 Å². The molecule has 0 radical (unpaired) electrons. The van der Waals surface area contributed by atoms with E-state index in [2.05, 4.69) is 43.2 Å². The molecule has 0 aliphatic heterocycles. The number of nitrogens with zero attached hydrogens (tertiary/aromatic N) is 1. The van der Waals surface area contributed by atoms with Gasteiger partial charge in [-0.3, -0.25) is 0 Å². The fourth-order valence-electron chi connectivity index (χ4n) is 1.51. The van der Waals surface area contributed by atoms with E-state index < -0.39 is 0 Å². The Morgan fingerprint density at radius 2 is 2.14 bits per heavy atom.